The highest BCUT2D eigenvalue weighted by Gasteiger charge is 2.17. The summed E-state index contributed by atoms with van der Waals surface area (Å²) in [6, 6.07) is 5.72. The zero-order chi connectivity index (χ0) is 13.9. The van der Waals surface area contributed by atoms with Crippen LogP contribution < -0.4 is 0 Å². The first-order chi connectivity index (χ1) is 7.41. The predicted octanol–water partition coefficient (Wildman–Crippen LogP) is 2.50. The number of rotatable bonds is 0. The molecule has 1 aromatic carbocycles. The number of benzene rings is 1. The van der Waals surface area contributed by atoms with Crippen molar-refractivity contribution in [1.29, 1.82) is 0 Å². The molecule has 0 atom stereocenters. The van der Waals surface area contributed by atoms with Gasteiger partial charge < -0.3 is 5.11 Å². The maximum absolute atomic E-state index is 9.57. The second kappa shape index (κ2) is 5.51. The van der Waals surface area contributed by atoms with Gasteiger partial charge in [-0.05, 0) is 24.0 Å². The maximum atomic E-state index is 9.57. The van der Waals surface area contributed by atoms with Gasteiger partial charge in [-0.15, -0.1) is 0 Å². The van der Waals surface area contributed by atoms with Gasteiger partial charge in [-0.2, -0.15) is 8.42 Å². The summed E-state index contributed by atoms with van der Waals surface area (Å²) in [4.78, 5) is 0. The predicted molar refractivity (Wildman–Crippen MR) is 69.0 cm³/mol. The second-order valence-corrected chi connectivity index (χ2v) is 6.47. The van der Waals surface area contributed by atoms with Gasteiger partial charge in [0.25, 0.3) is 10.1 Å². The summed E-state index contributed by atoms with van der Waals surface area (Å²) in [5.41, 5.74) is 2.23. The average Bonchev–Trinajstić information content (AvgIpc) is 2.04. The molecule has 2 N–H and O–H groups in total. The molecular formula is C12H20O4S. The molecule has 0 heterocycles. The van der Waals surface area contributed by atoms with Crippen LogP contribution >= 0.6 is 0 Å². The van der Waals surface area contributed by atoms with E-state index in [0.29, 0.717) is 12.0 Å². The van der Waals surface area contributed by atoms with E-state index in [1.54, 1.807) is 6.07 Å². The van der Waals surface area contributed by atoms with Crippen LogP contribution in [0.2, 0.25) is 0 Å². The number of aromatic hydroxyl groups is 1. The molecule has 0 aliphatic carbocycles. The van der Waals surface area contributed by atoms with Crippen LogP contribution in [0.5, 0.6) is 5.75 Å². The van der Waals surface area contributed by atoms with Gasteiger partial charge >= 0.3 is 0 Å². The van der Waals surface area contributed by atoms with Crippen molar-refractivity contribution in [3.05, 3.63) is 29.3 Å². The van der Waals surface area contributed by atoms with E-state index in [1.807, 2.05) is 19.1 Å². The maximum Gasteiger partial charge on any atom is 0.261 e. The van der Waals surface area contributed by atoms with E-state index in [1.165, 1.54) is 5.56 Å². The largest absolute Gasteiger partial charge is 0.508 e. The van der Waals surface area contributed by atoms with Crippen LogP contribution in [0, 0.1) is 6.92 Å². The van der Waals surface area contributed by atoms with Crippen LogP contribution in [-0.2, 0) is 15.5 Å². The molecule has 0 aliphatic heterocycles. The van der Waals surface area contributed by atoms with E-state index < -0.39 is 10.1 Å². The van der Waals surface area contributed by atoms with Crippen molar-refractivity contribution in [3.63, 3.8) is 0 Å². The summed E-state index contributed by atoms with van der Waals surface area (Å²) in [5.74, 6) is 0.396. The minimum absolute atomic E-state index is 0.0239. The lowest BCUT2D eigenvalue weighted by Crippen LogP contribution is -2.11. The first-order valence-electron chi connectivity index (χ1n) is 5.14. The van der Waals surface area contributed by atoms with Crippen molar-refractivity contribution < 1.29 is 18.1 Å². The zero-order valence-corrected chi connectivity index (χ0v) is 11.7. The highest BCUT2D eigenvalue weighted by molar-refractivity contribution is 7.85. The van der Waals surface area contributed by atoms with Crippen molar-refractivity contribution in [2.24, 2.45) is 0 Å². The SMILES string of the molecule is CS(=O)(=O)O.Cc1ccc(O)c(C(C)(C)C)c1. The van der Waals surface area contributed by atoms with Crippen molar-refractivity contribution in [3.8, 4) is 5.75 Å². The van der Waals surface area contributed by atoms with Crippen LogP contribution in [0.3, 0.4) is 0 Å². The lowest BCUT2D eigenvalue weighted by molar-refractivity contribution is 0.446. The third-order valence-corrected chi connectivity index (χ3v) is 1.96. The molecule has 0 radical (unpaired) electrons. The fourth-order valence-electron chi connectivity index (χ4n) is 1.25. The molecule has 0 fully saturated rings. The minimum Gasteiger partial charge on any atom is -0.508 e. The first-order valence-corrected chi connectivity index (χ1v) is 6.98. The lowest BCUT2D eigenvalue weighted by Gasteiger charge is -2.20. The van der Waals surface area contributed by atoms with Crippen LogP contribution in [0.1, 0.15) is 31.9 Å². The average molecular weight is 260 g/mol. The molecule has 0 bridgehead atoms. The molecule has 0 aliphatic rings. The minimum atomic E-state index is -3.67. The highest BCUT2D eigenvalue weighted by atomic mass is 32.2. The summed E-state index contributed by atoms with van der Waals surface area (Å²) in [6.07, 6.45) is 0.715. The van der Waals surface area contributed by atoms with Crippen LogP contribution in [0.25, 0.3) is 0 Å². The summed E-state index contributed by atoms with van der Waals surface area (Å²) in [7, 11) is -3.67. The molecule has 5 heteroatoms. The van der Waals surface area contributed by atoms with Crippen LogP contribution in [0.15, 0.2) is 18.2 Å². The number of phenols is 1. The van der Waals surface area contributed by atoms with Crippen molar-refractivity contribution >= 4 is 10.1 Å². The van der Waals surface area contributed by atoms with E-state index in [4.69, 9.17) is 4.55 Å². The normalized spacial score (nSPS) is 11.6. The number of hydrogen-bond acceptors (Lipinski definition) is 3. The topological polar surface area (TPSA) is 74.6 Å². The Bertz CT molecular complexity index is 462. The van der Waals surface area contributed by atoms with Crippen molar-refractivity contribution in [2.75, 3.05) is 6.26 Å². The first kappa shape index (κ1) is 15.9. The molecule has 0 aromatic heterocycles. The molecule has 17 heavy (non-hydrogen) atoms. The molecule has 98 valence electrons. The molecule has 0 unspecified atom stereocenters. The lowest BCUT2D eigenvalue weighted by atomic mass is 9.85. The standard InChI is InChI=1S/C11H16O.CH4O3S/c1-8-5-6-10(12)9(7-8)11(2,3)4;1-5(2,3)4/h5-7,12H,1-4H3;1H3,(H,2,3,4). The van der Waals surface area contributed by atoms with Crippen LogP contribution in [-0.4, -0.2) is 24.3 Å². The van der Waals surface area contributed by atoms with Gasteiger partial charge in [0, 0.05) is 0 Å². The van der Waals surface area contributed by atoms with E-state index in [2.05, 4.69) is 20.8 Å². The van der Waals surface area contributed by atoms with Gasteiger partial charge in [0.2, 0.25) is 0 Å². The van der Waals surface area contributed by atoms with Gasteiger partial charge in [-0.1, -0.05) is 38.5 Å². The Balaban J connectivity index is 0.000000437. The van der Waals surface area contributed by atoms with E-state index in [9.17, 15) is 13.5 Å². The third kappa shape index (κ3) is 7.76. The number of aryl methyl sites for hydroxylation is 1. The van der Waals surface area contributed by atoms with Gasteiger partial charge in [-0.25, -0.2) is 0 Å². The summed E-state index contributed by atoms with van der Waals surface area (Å²) < 4.78 is 25.9. The molecular weight excluding hydrogens is 240 g/mol. The Labute approximate surface area is 103 Å². The van der Waals surface area contributed by atoms with E-state index in [0.717, 1.165) is 5.56 Å². The Morgan fingerprint density at radius 1 is 1.18 bits per heavy atom. The number of phenolic OH excluding ortho intramolecular Hbond substituents is 1. The Hall–Kier alpha value is -1.07. The molecule has 0 amide bonds. The van der Waals surface area contributed by atoms with Gasteiger partial charge in [0.05, 0.1) is 6.26 Å². The molecule has 4 nitrogen and oxygen atoms in total. The highest BCUT2D eigenvalue weighted by Crippen LogP contribution is 2.30. The molecule has 0 spiro atoms. The monoisotopic (exact) mass is 260 g/mol. The Morgan fingerprint density at radius 2 is 1.59 bits per heavy atom. The van der Waals surface area contributed by atoms with Crippen molar-refractivity contribution in [1.82, 2.24) is 0 Å². The molecule has 0 saturated heterocycles. The summed E-state index contributed by atoms with van der Waals surface area (Å²) in [5, 5.41) is 9.57. The molecule has 0 saturated carbocycles. The summed E-state index contributed by atoms with van der Waals surface area (Å²) >= 11 is 0. The number of hydrogen-bond donors (Lipinski definition) is 2. The quantitative estimate of drug-likeness (QED) is 0.703. The Kier molecular flexibility index (Phi) is 5.16. The zero-order valence-electron chi connectivity index (χ0n) is 10.9. The van der Waals surface area contributed by atoms with Crippen molar-refractivity contribution in [2.45, 2.75) is 33.1 Å². The fourth-order valence-corrected chi connectivity index (χ4v) is 1.25. The fraction of sp³-hybridized carbons (Fsp3) is 0.500. The van der Waals surface area contributed by atoms with E-state index >= 15 is 0 Å². The van der Waals surface area contributed by atoms with Gasteiger partial charge in [0.1, 0.15) is 5.75 Å². The third-order valence-electron chi connectivity index (χ3n) is 1.96. The van der Waals surface area contributed by atoms with E-state index in [-0.39, 0.29) is 5.41 Å². The Morgan fingerprint density at radius 3 is 1.88 bits per heavy atom. The summed E-state index contributed by atoms with van der Waals surface area (Å²) in [6.45, 7) is 8.33. The molecule has 1 aromatic rings. The second-order valence-electron chi connectivity index (χ2n) is 5.00. The molecule has 1 rings (SSSR count). The van der Waals surface area contributed by atoms with Crippen LogP contribution in [0.4, 0.5) is 0 Å². The van der Waals surface area contributed by atoms with Gasteiger partial charge in [-0.3, -0.25) is 4.55 Å². The van der Waals surface area contributed by atoms with Gasteiger partial charge in [0.15, 0.2) is 0 Å². The smallest absolute Gasteiger partial charge is 0.261 e.